The Morgan fingerprint density at radius 2 is 1.88 bits per heavy atom. The molecule has 0 aliphatic rings. The fourth-order valence-electron chi connectivity index (χ4n) is 0.451. The van der Waals surface area contributed by atoms with E-state index in [0.29, 0.717) is 5.84 Å². The zero-order chi connectivity index (χ0) is 14.1. The highest BCUT2D eigenvalue weighted by Gasteiger charge is 2.10. The summed E-state index contributed by atoms with van der Waals surface area (Å²) in [6.07, 6.45) is 0.214. The predicted molar refractivity (Wildman–Crippen MR) is 57.7 cm³/mol. The molecule has 11 heteroatoms. The quantitative estimate of drug-likeness (QED) is 0.130. The zero-order valence-electron chi connectivity index (χ0n) is 8.98. The van der Waals surface area contributed by atoms with Crippen LogP contribution in [0.5, 0.6) is 0 Å². The van der Waals surface area contributed by atoms with E-state index in [1.165, 1.54) is 0 Å². The van der Waals surface area contributed by atoms with E-state index in [9.17, 15) is 4.79 Å². The van der Waals surface area contributed by atoms with Crippen LogP contribution in [-0.2, 0) is 20.0 Å². The molecule has 0 aromatic rings. The molecule has 0 aliphatic carbocycles. The Labute approximate surface area is 97.8 Å². The Morgan fingerprint density at radius 1 is 1.47 bits per heavy atom. The van der Waals surface area contributed by atoms with Crippen molar-refractivity contribution in [2.24, 2.45) is 16.6 Å². The van der Waals surface area contributed by atoms with Gasteiger partial charge in [-0.25, -0.2) is 0 Å². The van der Waals surface area contributed by atoms with E-state index in [4.69, 9.17) is 34.1 Å². The lowest BCUT2D eigenvalue weighted by molar-refractivity contribution is -0.139. The first-order valence-corrected chi connectivity index (χ1v) is 5.54. The van der Waals surface area contributed by atoms with Gasteiger partial charge in [0, 0.05) is 6.42 Å². The van der Waals surface area contributed by atoms with Crippen molar-refractivity contribution in [3.63, 3.8) is 0 Å². The lowest BCUT2D eigenvalue weighted by Gasteiger charge is -2.03. The topological polar surface area (TPSA) is 186 Å². The number of hydrogen-bond donors (Lipinski definition) is 5. The Balaban J connectivity index is 0. The Hall–Kier alpha value is -1.43. The third-order valence-electron chi connectivity index (χ3n) is 1.05. The summed E-state index contributed by atoms with van der Waals surface area (Å²) in [5.74, 6) is -0.758. The van der Waals surface area contributed by atoms with Crippen LogP contribution in [0.3, 0.4) is 0 Å². The average Bonchev–Trinajstić information content (AvgIpc) is 2.08. The number of nitrogens with two attached hydrogens (primary N) is 2. The van der Waals surface area contributed by atoms with E-state index in [-0.39, 0.29) is 13.0 Å². The second kappa shape index (κ2) is 8.69. The molecule has 102 valence electrons. The molecule has 0 fully saturated rings. The van der Waals surface area contributed by atoms with Gasteiger partial charge in [0.15, 0.2) is 0 Å². The number of carboxylic acids is 1. The van der Waals surface area contributed by atoms with Gasteiger partial charge in [0.05, 0.1) is 0 Å². The SMILES string of the molecule is CC(N)=NOCCC(N)C(=O)O.O=S(=O)(O)O. The molecule has 7 N–H and O–H groups in total. The molecular weight excluding hydrogens is 258 g/mol. The third kappa shape index (κ3) is 25.1. The minimum absolute atomic E-state index is 0.155. The zero-order valence-corrected chi connectivity index (χ0v) is 9.79. The molecule has 0 saturated carbocycles. The molecule has 10 nitrogen and oxygen atoms in total. The maximum absolute atomic E-state index is 10.2. The molecule has 17 heavy (non-hydrogen) atoms. The minimum atomic E-state index is -4.67. The number of nitrogens with zero attached hydrogens (tertiary/aromatic N) is 1. The maximum atomic E-state index is 10.2. The number of rotatable bonds is 5. The van der Waals surface area contributed by atoms with Gasteiger partial charge in [0.25, 0.3) is 0 Å². The second-order valence-electron chi connectivity index (χ2n) is 2.75. The fourth-order valence-corrected chi connectivity index (χ4v) is 0.451. The van der Waals surface area contributed by atoms with Crippen molar-refractivity contribution < 1.29 is 32.3 Å². The summed E-state index contributed by atoms with van der Waals surface area (Å²) in [6.45, 7) is 1.72. The van der Waals surface area contributed by atoms with Crippen LogP contribution in [-0.4, -0.2) is 47.1 Å². The molecule has 0 aromatic heterocycles. The summed E-state index contributed by atoms with van der Waals surface area (Å²) in [4.78, 5) is 14.8. The van der Waals surface area contributed by atoms with E-state index in [1.807, 2.05) is 0 Å². The summed E-state index contributed by atoms with van der Waals surface area (Å²) >= 11 is 0. The monoisotopic (exact) mass is 273 g/mol. The van der Waals surface area contributed by atoms with Gasteiger partial charge in [0.2, 0.25) is 0 Å². The first kappa shape index (κ1) is 17.9. The summed E-state index contributed by atoms with van der Waals surface area (Å²) in [5.41, 5.74) is 10.3. The molecule has 0 aliphatic heterocycles. The van der Waals surface area contributed by atoms with Gasteiger partial charge in [-0.1, -0.05) is 5.16 Å². The van der Waals surface area contributed by atoms with Gasteiger partial charge in [-0.05, 0) is 6.92 Å². The Morgan fingerprint density at radius 3 is 2.18 bits per heavy atom. The van der Waals surface area contributed by atoms with Crippen molar-refractivity contribution in [1.82, 2.24) is 0 Å². The van der Waals surface area contributed by atoms with Crippen molar-refractivity contribution >= 4 is 22.2 Å². The number of carboxylic acid groups (broad SMARTS) is 1. The highest BCUT2D eigenvalue weighted by atomic mass is 32.3. The summed E-state index contributed by atoms with van der Waals surface area (Å²) in [7, 11) is -4.67. The van der Waals surface area contributed by atoms with Crippen LogP contribution in [0.25, 0.3) is 0 Å². The van der Waals surface area contributed by atoms with E-state index in [1.54, 1.807) is 6.92 Å². The maximum Gasteiger partial charge on any atom is 0.394 e. The Kier molecular flexibility index (Phi) is 9.18. The largest absolute Gasteiger partial charge is 0.480 e. The molecule has 1 atom stereocenters. The third-order valence-corrected chi connectivity index (χ3v) is 1.05. The van der Waals surface area contributed by atoms with Gasteiger partial charge in [0.1, 0.15) is 18.5 Å². The van der Waals surface area contributed by atoms with Crippen molar-refractivity contribution in [3.8, 4) is 0 Å². The number of oxime groups is 1. The molecule has 1 unspecified atom stereocenters. The first-order valence-electron chi connectivity index (χ1n) is 4.14. The first-order chi connectivity index (χ1) is 7.54. The minimum Gasteiger partial charge on any atom is -0.480 e. The van der Waals surface area contributed by atoms with E-state index in [2.05, 4.69) is 9.99 Å². The summed E-state index contributed by atoms with van der Waals surface area (Å²) < 4.78 is 31.6. The summed E-state index contributed by atoms with van der Waals surface area (Å²) in [6, 6.07) is -0.904. The highest BCUT2D eigenvalue weighted by Crippen LogP contribution is 1.89. The molecule has 0 amide bonds. The normalized spacial score (nSPS) is 13.3. The Bertz CT molecular complexity index is 341. The fraction of sp³-hybridized carbons (Fsp3) is 0.667. The number of amidine groups is 1. The van der Waals surface area contributed by atoms with Gasteiger partial charge < -0.3 is 21.4 Å². The molecule has 0 bridgehead atoms. The molecular formula is C6H15N3O7S. The molecule has 0 radical (unpaired) electrons. The van der Waals surface area contributed by atoms with Crippen LogP contribution in [0.15, 0.2) is 5.16 Å². The van der Waals surface area contributed by atoms with E-state index in [0.717, 1.165) is 0 Å². The van der Waals surface area contributed by atoms with Crippen LogP contribution >= 0.6 is 0 Å². The van der Waals surface area contributed by atoms with E-state index < -0.39 is 22.4 Å². The average molecular weight is 273 g/mol. The smallest absolute Gasteiger partial charge is 0.394 e. The standard InChI is InChI=1S/C6H13N3O3.H2O4S/c1-4(7)9-12-3-2-5(8)6(10)11;1-5(2,3)4/h5H,2-3,8H2,1H3,(H2,7,9)(H,10,11);(H2,1,2,3,4). The number of aliphatic carboxylic acids is 1. The van der Waals surface area contributed by atoms with E-state index >= 15 is 0 Å². The molecule has 0 rings (SSSR count). The predicted octanol–water partition coefficient (Wildman–Crippen LogP) is -1.56. The van der Waals surface area contributed by atoms with Crippen LogP contribution in [0.4, 0.5) is 0 Å². The summed E-state index contributed by atoms with van der Waals surface area (Å²) in [5, 5.41) is 11.8. The highest BCUT2D eigenvalue weighted by molar-refractivity contribution is 7.79. The number of carbonyl (C=O) groups is 1. The van der Waals surface area contributed by atoms with Gasteiger partial charge in [-0.3, -0.25) is 13.9 Å². The lowest BCUT2D eigenvalue weighted by Crippen LogP contribution is -2.31. The van der Waals surface area contributed by atoms with Gasteiger partial charge >= 0.3 is 16.4 Å². The van der Waals surface area contributed by atoms with Crippen molar-refractivity contribution in [1.29, 1.82) is 0 Å². The van der Waals surface area contributed by atoms with Crippen molar-refractivity contribution in [3.05, 3.63) is 0 Å². The van der Waals surface area contributed by atoms with Crippen LogP contribution in [0.2, 0.25) is 0 Å². The molecule has 0 spiro atoms. The van der Waals surface area contributed by atoms with Crippen molar-refractivity contribution in [2.75, 3.05) is 6.61 Å². The van der Waals surface area contributed by atoms with Crippen LogP contribution in [0.1, 0.15) is 13.3 Å². The molecule has 0 heterocycles. The van der Waals surface area contributed by atoms with Crippen LogP contribution in [0, 0.1) is 0 Å². The van der Waals surface area contributed by atoms with Gasteiger partial charge in [-0.15, -0.1) is 0 Å². The molecule has 0 saturated heterocycles. The number of hydrogen-bond acceptors (Lipinski definition) is 6. The van der Waals surface area contributed by atoms with Crippen LogP contribution < -0.4 is 11.5 Å². The second-order valence-corrected chi connectivity index (χ2v) is 3.64. The van der Waals surface area contributed by atoms with Crippen molar-refractivity contribution in [2.45, 2.75) is 19.4 Å². The van der Waals surface area contributed by atoms with Gasteiger partial charge in [-0.2, -0.15) is 8.42 Å². The lowest BCUT2D eigenvalue weighted by atomic mass is 10.2. The molecule has 0 aromatic carbocycles.